The first-order chi connectivity index (χ1) is 16.0. The zero-order valence-electron chi connectivity index (χ0n) is 18.2. The van der Waals surface area contributed by atoms with E-state index in [-0.39, 0.29) is 17.2 Å². The number of nitrogens with one attached hydrogen (secondary N) is 1. The minimum Gasteiger partial charge on any atom is -0.480 e. The van der Waals surface area contributed by atoms with E-state index in [0.29, 0.717) is 32.2 Å². The third-order valence-electron chi connectivity index (χ3n) is 6.20. The highest BCUT2D eigenvalue weighted by molar-refractivity contribution is 7.99. The summed E-state index contributed by atoms with van der Waals surface area (Å²) in [5, 5.41) is 11.6. The maximum absolute atomic E-state index is 13.1. The summed E-state index contributed by atoms with van der Waals surface area (Å²) in [4.78, 5) is 37.0. The molecule has 1 fully saturated rings. The lowest BCUT2D eigenvalue weighted by atomic mass is 10.00. The van der Waals surface area contributed by atoms with Crippen LogP contribution in [0.5, 0.6) is 0 Å². The predicted molar refractivity (Wildman–Crippen MR) is 129 cm³/mol. The van der Waals surface area contributed by atoms with Gasteiger partial charge in [-0.05, 0) is 47.9 Å². The maximum Gasteiger partial charge on any atom is 0.326 e. The molecular formula is C25H27N3O4S. The van der Waals surface area contributed by atoms with Gasteiger partial charge in [-0.1, -0.05) is 54.6 Å². The lowest BCUT2D eigenvalue weighted by Crippen LogP contribution is -2.42. The van der Waals surface area contributed by atoms with Gasteiger partial charge in [0.1, 0.15) is 6.04 Å². The van der Waals surface area contributed by atoms with Gasteiger partial charge in [-0.3, -0.25) is 9.59 Å². The van der Waals surface area contributed by atoms with Gasteiger partial charge in [0.15, 0.2) is 0 Å². The number of benzene rings is 2. The van der Waals surface area contributed by atoms with Crippen LogP contribution in [-0.4, -0.2) is 57.9 Å². The van der Waals surface area contributed by atoms with E-state index in [9.17, 15) is 19.5 Å². The van der Waals surface area contributed by atoms with Crippen LogP contribution in [0.15, 0.2) is 59.0 Å². The minimum atomic E-state index is -1.05. The summed E-state index contributed by atoms with van der Waals surface area (Å²) in [6, 6.07) is 17.3. The van der Waals surface area contributed by atoms with Crippen molar-refractivity contribution in [1.29, 1.82) is 0 Å². The molecule has 1 saturated heterocycles. The van der Waals surface area contributed by atoms with Crippen molar-refractivity contribution in [3.63, 3.8) is 0 Å². The number of carboxylic acid groups (broad SMARTS) is 1. The molecule has 2 heterocycles. The van der Waals surface area contributed by atoms with E-state index in [0.717, 1.165) is 35.2 Å². The summed E-state index contributed by atoms with van der Waals surface area (Å²) in [6.07, 6.45) is 3.51. The molecule has 4 rings (SSSR count). The Bertz CT molecular complexity index is 1030. The summed E-state index contributed by atoms with van der Waals surface area (Å²) in [5.41, 5.74) is 4.20. The normalized spacial score (nSPS) is 20.8. The molecular weight excluding hydrogens is 438 g/mol. The fourth-order valence-electron chi connectivity index (χ4n) is 4.49. The molecule has 2 aromatic carbocycles. The van der Waals surface area contributed by atoms with E-state index in [2.05, 4.69) is 21.8 Å². The second kappa shape index (κ2) is 10.7. The van der Waals surface area contributed by atoms with E-state index >= 15 is 0 Å². The molecule has 0 aromatic heterocycles. The highest BCUT2D eigenvalue weighted by Gasteiger charge is 2.36. The maximum atomic E-state index is 13.1. The smallest absolute Gasteiger partial charge is 0.326 e. The molecule has 0 radical (unpaired) electrons. The summed E-state index contributed by atoms with van der Waals surface area (Å²) in [7, 11) is 0. The standard InChI is InChI=1S/C25H27N3O4S/c29-16-26-22(25(31)32)15-20-14-21(27-33-20)23-7-4-12-28(23)24(30)13-17-8-10-19(11-9-17)18-5-2-1-3-6-18/h1-3,5-6,8-11,16,20,22-23H,4,7,12-15H2,(H,26,29)(H,31,32). The third-order valence-corrected chi connectivity index (χ3v) is 7.19. The predicted octanol–water partition coefficient (Wildman–Crippen LogP) is 3.34. The summed E-state index contributed by atoms with van der Waals surface area (Å²) in [5.74, 6) is -0.959. The molecule has 0 aliphatic carbocycles. The molecule has 3 atom stereocenters. The third kappa shape index (κ3) is 5.63. The molecule has 0 spiro atoms. The Morgan fingerprint density at radius 1 is 1.15 bits per heavy atom. The van der Waals surface area contributed by atoms with Gasteiger partial charge in [-0.2, -0.15) is 0 Å². The zero-order chi connectivity index (χ0) is 23.2. The molecule has 7 nitrogen and oxygen atoms in total. The molecule has 0 saturated carbocycles. The van der Waals surface area contributed by atoms with Crippen molar-refractivity contribution in [3.05, 3.63) is 60.2 Å². The lowest BCUT2D eigenvalue weighted by molar-refractivity contribution is -0.140. The van der Waals surface area contributed by atoms with E-state index < -0.39 is 12.0 Å². The molecule has 0 bridgehead atoms. The summed E-state index contributed by atoms with van der Waals surface area (Å²) >= 11 is 1.36. The van der Waals surface area contributed by atoms with Crippen molar-refractivity contribution in [2.24, 2.45) is 4.40 Å². The Hall–Kier alpha value is -3.13. The van der Waals surface area contributed by atoms with Crippen LogP contribution in [-0.2, 0) is 20.8 Å². The van der Waals surface area contributed by atoms with Crippen LogP contribution in [0.25, 0.3) is 11.1 Å². The van der Waals surface area contributed by atoms with Crippen LogP contribution in [0, 0.1) is 0 Å². The van der Waals surface area contributed by atoms with Crippen LogP contribution in [0.1, 0.15) is 31.2 Å². The fraction of sp³-hybridized carbons (Fsp3) is 0.360. The number of likely N-dealkylation sites (tertiary alicyclic amines) is 1. The average Bonchev–Trinajstić information content (AvgIpc) is 3.49. The van der Waals surface area contributed by atoms with Gasteiger partial charge in [0.25, 0.3) is 0 Å². The number of hydrogen-bond donors (Lipinski definition) is 2. The monoisotopic (exact) mass is 465 g/mol. The van der Waals surface area contributed by atoms with Gasteiger partial charge < -0.3 is 15.3 Å². The first kappa shape index (κ1) is 23.0. The van der Waals surface area contributed by atoms with Crippen LogP contribution >= 0.6 is 11.9 Å². The van der Waals surface area contributed by atoms with Crippen molar-refractivity contribution < 1.29 is 19.5 Å². The fourth-order valence-corrected chi connectivity index (χ4v) is 5.50. The van der Waals surface area contributed by atoms with Gasteiger partial charge in [0, 0.05) is 23.9 Å². The number of rotatable bonds is 9. The van der Waals surface area contributed by atoms with Crippen molar-refractivity contribution in [1.82, 2.24) is 10.2 Å². The first-order valence-corrected chi connectivity index (χ1v) is 12.0. The number of carbonyl (C=O) groups is 3. The van der Waals surface area contributed by atoms with Gasteiger partial charge >= 0.3 is 5.97 Å². The molecule has 2 N–H and O–H groups in total. The lowest BCUT2D eigenvalue weighted by Gasteiger charge is -2.25. The van der Waals surface area contributed by atoms with Crippen molar-refractivity contribution in [3.8, 4) is 11.1 Å². The van der Waals surface area contributed by atoms with Crippen molar-refractivity contribution >= 4 is 35.9 Å². The number of aliphatic carboxylic acids is 1. The Kier molecular flexibility index (Phi) is 7.44. The second-order valence-electron chi connectivity index (χ2n) is 8.41. The largest absolute Gasteiger partial charge is 0.480 e. The summed E-state index contributed by atoms with van der Waals surface area (Å²) < 4.78 is 4.59. The number of carboxylic acids is 1. The Labute approximate surface area is 197 Å². The molecule has 2 amide bonds. The number of nitrogens with zero attached hydrogens (tertiary/aromatic N) is 2. The molecule has 172 valence electrons. The van der Waals surface area contributed by atoms with Gasteiger partial charge in [-0.15, -0.1) is 0 Å². The summed E-state index contributed by atoms with van der Waals surface area (Å²) in [6.45, 7) is 0.713. The van der Waals surface area contributed by atoms with Crippen LogP contribution in [0.3, 0.4) is 0 Å². The van der Waals surface area contributed by atoms with E-state index in [1.807, 2.05) is 47.4 Å². The van der Waals surface area contributed by atoms with Crippen LogP contribution in [0.4, 0.5) is 0 Å². The van der Waals surface area contributed by atoms with E-state index in [1.54, 1.807) is 0 Å². The van der Waals surface area contributed by atoms with Crippen molar-refractivity contribution in [2.75, 3.05) is 6.54 Å². The molecule has 2 aliphatic heterocycles. The van der Waals surface area contributed by atoms with Crippen LogP contribution < -0.4 is 5.32 Å². The van der Waals surface area contributed by atoms with E-state index in [4.69, 9.17) is 0 Å². The minimum absolute atomic E-state index is 0.0170. The quantitative estimate of drug-likeness (QED) is 0.437. The Balaban J connectivity index is 1.35. The zero-order valence-corrected chi connectivity index (χ0v) is 19.0. The van der Waals surface area contributed by atoms with E-state index in [1.165, 1.54) is 11.9 Å². The van der Waals surface area contributed by atoms with Crippen LogP contribution in [0.2, 0.25) is 0 Å². The topological polar surface area (TPSA) is 99.1 Å². The number of carbonyl (C=O) groups excluding carboxylic acids is 2. The first-order valence-electron chi connectivity index (χ1n) is 11.1. The molecule has 2 aliphatic rings. The molecule has 33 heavy (non-hydrogen) atoms. The number of hydrogen-bond acceptors (Lipinski definition) is 5. The molecule has 3 unspecified atom stereocenters. The highest BCUT2D eigenvalue weighted by Crippen LogP contribution is 2.34. The van der Waals surface area contributed by atoms with Gasteiger partial charge in [-0.25, -0.2) is 9.19 Å². The molecule has 8 heteroatoms. The Morgan fingerprint density at radius 3 is 2.58 bits per heavy atom. The average molecular weight is 466 g/mol. The number of amides is 2. The molecule has 2 aromatic rings. The second-order valence-corrected chi connectivity index (χ2v) is 9.47. The highest BCUT2D eigenvalue weighted by atomic mass is 32.2. The Morgan fingerprint density at radius 2 is 1.88 bits per heavy atom. The van der Waals surface area contributed by atoms with Gasteiger partial charge in [0.2, 0.25) is 12.3 Å². The SMILES string of the molecule is O=CNC(CC1CC(C2CCCN2C(=O)Cc2ccc(-c3ccccc3)cc2)=NS1)C(=O)O. The van der Waals surface area contributed by atoms with Gasteiger partial charge in [0.05, 0.1) is 12.5 Å². The van der Waals surface area contributed by atoms with Crippen molar-refractivity contribution in [2.45, 2.75) is 49.4 Å².